The van der Waals surface area contributed by atoms with E-state index in [1.54, 1.807) is 16.8 Å². The summed E-state index contributed by atoms with van der Waals surface area (Å²) >= 11 is 1.46. The quantitative estimate of drug-likeness (QED) is 0.733. The first-order valence-electron chi connectivity index (χ1n) is 7.47. The van der Waals surface area contributed by atoms with E-state index in [1.807, 2.05) is 33.1 Å². The van der Waals surface area contributed by atoms with Crippen molar-refractivity contribution in [1.82, 2.24) is 24.6 Å². The predicted octanol–water partition coefficient (Wildman–Crippen LogP) is 2.35. The Balaban J connectivity index is 1.86. The van der Waals surface area contributed by atoms with Crippen molar-refractivity contribution >= 4 is 29.3 Å². The number of rotatable bonds is 4. The van der Waals surface area contributed by atoms with Gasteiger partial charge in [-0.3, -0.25) is 4.79 Å². The topological polar surface area (TPSA) is 85.1 Å². The van der Waals surface area contributed by atoms with E-state index in [9.17, 15) is 4.79 Å². The van der Waals surface area contributed by atoms with Crippen LogP contribution in [0, 0.1) is 20.8 Å². The Bertz CT molecular complexity index is 903. The van der Waals surface area contributed by atoms with Crippen molar-refractivity contribution in [2.45, 2.75) is 32.3 Å². The van der Waals surface area contributed by atoms with Crippen molar-refractivity contribution < 1.29 is 4.79 Å². The molecule has 0 aliphatic heterocycles. The Kier molecular flexibility index (Phi) is 4.48. The average molecular weight is 342 g/mol. The minimum absolute atomic E-state index is 0.135. The predicted molar refractivity (Wildman–Crippen MR) is 93.3 cm³/mol. The lowest BCUT2D eigenvalue weighted by Gasteiger charge is -2.10. The van der Waals surface area contributed by atoms with Crippen LogP contribution >= 0.6 is 11.8 Å². The summed E-state index contributed by atoms with van der Waals surface area (Å²) in [5, 5.41) is 7.87. The zero-order chi connectivity index (χ0) is 17.3. The maximum atomic E-state index is 12.3. The van der Waals surface area contributed by atoms with Crippen molar-refractivity contribution in [3.05, 3.63) is 40.8 Å². The van der Waals surface area contributed by atoms with Gasteiger partial charge in [-0.1, -0.05) is 17.8 Å². The number of nitrogens with one attached hydrogen (secondary N) is 1. The maximum Gasteiger partial charge on any atom is 0.253 e. The minimum atomic E-state index is -0.135. The zero-order valence-corrected chi connectivity index (χ0v) is 14.8. The van der Waals surface area contributed by atoms with E-state index in [0.717, 1.165) is 22.5 Å². The van der Waals surface area contributed by atoms with Crippen molar-refractivity contribution in [3.8, 4) is 0 Å². The van der Waals surface area contributed by atoms with Crippen LogP contribution in [0.2, 0.25) is 0 Å². The lowest BCUT2D eigenvalue weighted by Crippen LogP contribution is -2.18. The average Bonchev–Trinajstić information content (AvgIpc) is 2.97. The minimum Gasteiger partial charge on any atom is -0.310 e. The van der Waals surface area contributed by atoms with Crippen LogP contribution < -0.4 is 5.32 Å². The van der Waals surface area contributed by atoms with Gasteiger partial charge in [-0.15, -0.1) is 5.10 Å². The molecule has 1 N–H and O–H groups in total. The number of hydrogen-bond donors (Lipinski definition) is 1. The summed E-state index contributed by atoms with van der Waals surface area (Å²) in [4.78, 5) is 25.3. The summed E-state index contributed by atoms with van der Waals surface area (Å²) in [6, 6.07) is 3.70. The van der Waals surface area contributed by atoms with Gasteiger partial charge in [-0.25, -0.2) is 14.5 Å². The SMILES string of the molecule is CSc1nc2nc(C)c(CC(=O)Nc3ccc(C)cn3)c(C)n2n1. The van der Waals surface area contributed by atoms with Crippen LogP contribution in [0.1, 0.15) is 22.5 Å². The monoisotopic (exact) mass is 342 g/mol. The Morgan fingerprint density at radius 2 is 2.04 bits per heavy atom. The number of anilines is 1. The number of carbonyl (C=O) groups excluding carboxylic acids is 1. The molecular weight excluding hydrogens is 324 g/mol. The molecule has 0 fully saturated rings. The molecular formula is C16H18N6OS. The van der Waals surface area contributed by atoms with E-state index in [4.69, 9.17) is 0 Å². The fourth-order valence-electron chi connectivity index (χ4n) is 2.42. The molecule has 1 amide bonds. The van der Waals surface area contributed by atoms with Gasteiger partial charge in [-0.05, 0) is 38.7 Å². The molecule has 0 radical (unpaired) electrons. The molecule has 124 valence electrons. The van der Waals surface area contributed by atoms with Crippen LogP contribution in [0.25, 0.3) is 5.78 Å². The molecule has 3 aromatic rings. The first-order chi connectivity index (χ1) is 11.5. The third kappa shape index (κ3) is 3.23. The molecule has 24 heavy (non-hydrogen) atoms. The van der Waals surface area contributed by atoms with E-state index < -0.39 is 0 Å². The van der Waals surface area contributed by atoms with E-state index >= 15 is 0 Å². The molecule has 0 aliphatic carbocycles. The zero-order valence-electron chi connectivity index (χ0n) is 14.0. The number of hydrogen-bond acceptors (Lipinski definition) is 6. The largest absolute Gasteiger partial charge is 0.310 e. The van der Waals surface area contributed by atoms with Gasteiger partial charge in [0.15, 0.2) is 0 Å². The fourth-order valence-corrected chi connectivity index (χ4v) is 2.76. The number of fused-ring (bicyclic) bond motifs is 1. The first-order valence-corrected chi connectivity index (χ1v) is 8.69. The third-order valence-corrected chi connectivity index (χ3v) is 4.27. The third-order valence-electron chi connectivity index (χ3n) is 3.73. The Morgan fingerprint density at radius 3 is 2.71 bits per heavy atom. The first kappa shape index (κ1) is 16.4. The van der Waals surface area contributed by atoms with Crippen LogP contribution in [0.3, 0.4) is 0 Å². The molecule has 3 rings (SSSR count). The number of aromatic nitrogens is 5. The van der Waals surface area contributed by atoms with E-state index in [1.165, 1.54) is 11.8 Å². The molecule has 7 nitrogen and oxygen atoms in total. The number of aryl methyl sites for hydroxylation is 3. The summed E-state index contributed by atoms with van der Waals surface area (Å²) < 4.78 is 1.69. The van der Waals surface area contributed by atoms with Gasteiger partial charge in [0.05, 0.1) is 6.42 Å². The lowest BCUT2D eigenvalue weighted by molar-refractivity contribution is -0.115. The Labute approximate surface area is 143 Å². The van der Waals surface area contributed by atoms with Crippen LogP contribution in [0.5, 0.6) is 0 Å². The molecule has 3 heterocycles. The highest BCUT2D eigenvalue weighted by Gasteiger charge is 2.16. The summed E-state index contributed by atoms with van der Waals surface area (Å²) in [6.07, 6.45) is 3.85. The summed E-state index contributed by atoms with van der Waals surface area (Å²) in [5.41, 5.74) is 3.55. The summed E-state index contributed by atoms with van der Waals surface area (Å²) in [7, 11) is 0. The van der Waals surface area contributed by atoms with Crippen LogP contribution in [0.4, 0.5) is 5.82 Å². The normalized spacial score (nSPS) is 11.0. The summed E-state index contributed by atoms with van der Waals surface area (Å²) in [6.45, 7) is 5.76. The van der Waals surface area contributed by atoms with Gasteiger partial charge in [0.25, 0.3) is 5.78 Å². The molecule has 0 atom stereocenters. The van der Waals surface area contributed by atoms with Crippen molar-refractivity contribution in [1.29, 1.82) is 0 Å². The van der Waals surface area contributed by atoms with Gasteiger partial charge in [0.2, 0.25) is 11.1 Å². The Morgan fingerprint density at radius 1 is 1.25 bits per heavy atom. The van der Waals surface area contributed by atoms with E-state index in [2.05, 4.69) is 25.4 Å². The number of thioether (sulfide) groups is 1. The molecule has 0 saturated carbocycles. The molecule has 0 aromatic carbocycles. The van der Waals surface area contributed by atoms with Gasteiger partial charge >= 0.3 is 0 Å². The number of nitrogens with zero attached hydrogens (tertiary/aromatic N) is 5. The van der Waals surface area contributed by atoms with Crippen LogP contribution in [-0.2, 0) is 11.2 Å². The van der Waals surface area contributed by atoms with Gasteiger partial charge in [-0.2, -0.15) is 4.98 Å². The highest BCUT2D eigenvalue weighted by Crippen LogP contribution is 2.17. The van der Waals surface area contributed by atoms with E-state index in [-0.39, 0.29) is 12.3 Å². The second kappa shape index (κ2) is 6.56. The van der Waals surface area contributed by atoms with Gasteiger partial charge in [0.1, 0.15) is 5.82 Å². The summed E-state index contributed by atoms with van der Waals surface area (Å²) in [5.74, 6) is 0.961. The number of carbonyl (C=O) groups is 1. The van der Waals surface area contributed by atoms with Gasteiger partial charge in [0, 0.05) is 23.1 Å². The molecule has 0 saturated heterocycles. The van der Waals surface area contributed by atoms with Gasteiger partial charge < -0.3 is 5.32 Å². The standard InChI is InChI=1S/C16H18N6OS/c1-9-5-6-13(17-8-9)19-14(23)7-12-10(2)18-15-20-16(24-4)21-22(15)11(12)3/h5-6,8H,7H2,1-4H3,(H,17,19,23). The van der Waals surface area contributed by atoms with Crippen molar-refractivity contribution in [3.63, 3.8) is 0 Å². The maximum absolute atomic E-state index is 12.3. The molecule has 8 heteroatoms. The Hall–Kier alpha value is -2.48. The van der Waals surface area contributed by atoms with E-state index in [0.29, 0.717) is 16.8 Å². The fraction of sp³-hybridized carbons (Fsp3) is 0.312. The second-order valence-corrected chi connectivity index (χ2v) is 6.29. The van der Waals surface area contributed by atoms with Crippen molar-refractivity contribution in [2.24, 2.45) is 0 Å². The second-order valence-electron chi connectivity index (χ2n) is 5.52. The smallest absolute Gasteiger partial charge is 0.253 e. The van der Waals surface area contributed by atoms with Crippen molar-refractivity contribution in [2.75, 3.05) is 11.6 Å². The number of amides is 1. The molecule has 0 bridgehead atoms. The highest BCUT2D eigenvalue weighted by molar-refractivity contribution is 7.98. The highest BCUT2D eigenvalue weighted by atomic mass is 32.2. The van der Waals surface area contributed by atoms with Crippen LogP contribution in [0.15, 0.2) is 23.5 Å². The molecule has 0 unspecified atom stereocenters. The molecule has 0 spiro atoms. The molecule has 0 aliphatic rings. The number of pyridine rings is 1. The lowest BCUT2D eigenvalue weighted by atomic mass is 10.1. The molecule has 3 aromatic heterocycles. The van der Waals surface area contributed by atoms with Crippen LogP contribution in [-0.4, -0.2) is 36.7 Å².